The Balaban J connectivity index is 2.40. The van der Waals surface area contributed by atoms with Crippen LogP contribution in [0.3, 0.4) is 0 Å². The van der Waals surface area contributed by atoms with Gasteiger partial charge in [0.25, 0.3) is 0 Å². The van der Waals surface area contributed by atoms with E-state index in [2.05, 4.69) is 9.55 Å². The van der Waals surface area contributed by atoms with Crippen LogP contribution in [0.1, 0.15) is 6.42 Å². The van der Waals surface area contributed by atoms with E-state index in [-0.39, 0.29) is 0 Å². The van der Waals surface area contributed by atoms with Crippen LogP contribution in [0.4, 0.5) is 0 Å². The number of aromatic nitrogens is 2. The van der Waals surface area contributed by atoms with Crippen LogP contribution in [0.2, 0.25) is 5.02 Å². The number of aryl methyl sites for hydroxylation is 1. The monoisotopic (exact) mass is 228 g/mol. The second-order valence-electron chi connectivity index (χ2n) is 3.11. The Kier molecular flexibility index (Phi) is 2.94. The second-order valence-corrected chi connectivity index (χ2v) is 3.93. The van der Waals surface area contributed by atoms with Crippen molar-refractivity contribution in [1.29, 1.82) is 0 Å². The van der Waals surface area contributed by atoms with Gasteiger partial charge in [-0.3, -0.25) is 0 Å². The molecule has 14 heavy (non-hydrogen) atoms. The first-order valence-corrected chi connectivity index (χ1v) is 5.39. The zero-order valence-corrected chi connectivity index (χ0v) is 9.09. The van der Waals surface area contributed by atoms with Crippen LogP contribution in [0.5, 0.6) is 0 Å². The number of imidazole rings is 1. The fourth-order valence-electron chi connectivity index (χ4n) is 1.44. The van der Waals surface area contributed by atoms with Crippen LogP contribution in [0.15, 0.2) is 24.5 Å². The van der Waals surface area contributed by atoms with Gasteiger partial charge in [0.15, 0.2) is 0 Å². The van der Waals surface area contributed by atoms with Gasteiger partial charge in [-0.1, -0.05) is 11.6 Å². The van der Waals surface area contributed by atoms with Crippen molar-refractivity contribution in [2.45, 2.75) is 13.0 Å². The van der Waals surface area contributed by atoms with Crippen molar-refractivity contribution in [3.05, 3.63) is 29.5 Å². The number of benzene rings is 1. The number of fused-ring (bicyclic) bond motifs is 1. The third-order valence-electron chi connectivity index (χ3n) is 2.12. The average Bonchev–Trinajstić information content (AvgIpc) is 2.57. The normalized spacial score (nSPS) is 11.0. The first-order valence-electron chi connectivity index (χ1n) is 4.47. The predicted octanol–water partition coefficient (Wildman–Crippen LogP) is 3.32. The fourth-order valence-corrected chi connectivity index (χ4v) is 1.72. The standard InChI is InChI=1S/C10H10Cl2N2/c11-4-1-5-14-7-13-9-3-2-8(12)6-10(9)14/h2-3,6-7H,1,4-5H2. The lowest BCUT2D eigenvalue weighted by Crippen LogP contribution is -1.96. The summed E-state index contributed by atoms with van der Waals surface area (Å²) >= 11 is 11.6. The quantitative estimate of drug-likeness (QED) is 0.738. The molecule has 1 aromatic heterocycles. The van der Waals surface area contributed by atoms with E-state index in [1.54, 1.807) is 0 Å². The number of hydrogen-bond acceptors (Lipinski definition) is 1. The van der Waals surface area contributed by atoms with Gasteiger partial charge in [0.2, 0.25) is 0 Å². The smallest absolute Gasteiger partial charge is 0.0958 e. The third-order valence-corrected chi connectivity index (χ3v) is 2.62. The Bertz CT molecular complexity index is 437. The first-order chi connectivity index (χ1) is 6.81. The van der Waals surface area contributed by atoms with E-state index < -0.39 is 0 Å². The Morgan fingerprint density at radius 1 is 1.36 bits per heavy atom. The molecule has 1 aromatic carbocycles. The fraction of sp³-hybridized carbons (Fsp3) is 0.300. The number of hydrogen-bond donors (Lipinski definition) is 0. The van der Waals surface area contributed by atoms with Crippen LogP contribution in [-0.4, -0.2) is 15.4 Å². The largest absolute Gasteiger partial charge is 0.331 e. The number of nitrogens with zero attached hydrogens (tertiary/aromatic N) is 2. The van der Waals surface area contributed by atoms with Crippen molar-refractivity contribution in [1.82, 2.24) is 9.55 Å². The summed E-state index contributed by atoms with van der Waals surface area (Å²) in [6.07, 6.45) is 2.77. The molecule has 0 unspecified atom stereocenters. The molecule has 74 valence electrons. The van der Waals surface area contributed by atoms with E-state index in [4.69, 9.17) is 23.2 Å². The maximum atomic E-state index is 5.91. The lowest BCUT2D eigenvalue weighted by Gasteiger charge is -2.01. The summed E-state index contributed by atoms with van der Waals surface area (Å²) in [6, 6.07) is 5.70. The van der Waals surface area contributed by atoms with Gasteiger partial charge in [0, 0.05) is 17.4 Å². The maximum absolute atomic E-state index is 5.91. The Hall–Kier alpha value is -0.730. The Morgan fingerprint density at radius 2 is 2.21 bits per heavy atom. The zero-order valence-electron chi connectivity index (χ0n) is 7.58. The van der Waals surface area contributed by atoms with Crippen molar-refractivity contribution in [2.75, 3.05) is 5.88 Å². The van der Waals surface area contributed by atoms with Crippen molar-refractivity contribution < 1.29 is 0 Å². The Morgan fingerprint density at radius 3 is 3.00 bits per heavy atom. The molecule has 2 rings (SSSR count). The topological polar surface area (TPSA) is 17.8 Å². The lowest BCUT2D eigenvalue weighted by atomic mass is 10.3. The van der Waals surface area contributed by atoms with E-state index in [9.17, 15) is 0 Å². The molecule has 0 radical (unpaired) electrons. The minimum absolute atomic E-state index is 0.667. The van der Waals surface area contributed by atoms with Crippen molar-refractivity contribution >= 4 is 34.2 Å². The van der Waals surface area contributed by atoms with Gasteiger partial charge in [-0.2, -0.15) is 0 Å². The molecule has 0 amide bonds. The molecule has 0 saturated carbocycles. The second kappa shape index (κ2) is 4.20. The van der Waals surface area contributed by atoms with Gasteiger partial charge >= 0.3 is 0 Å². The first kappa shape index (κ1) is 9.81. The number of alkyl halides is 1. The highest BCUT2D eigenvalue weighted by Crippen LogP contribution is 2.18. The van der Waals surface area contributed by atoms with E-state index in [0.717, 1.165) is 29.0 Å². The SMILES string of the molecule is ClCCCn1cnc2ccc(Cl)cc21. The summed E-state index contributed by atoms with van der Waals surface area (Å²) in [7, 11) is 0. The molecule has 0 N–H and O–H groups in total. The van der Waals surface area contributed by atoms with Gasteiger partial charge in [0.1, 0.15) is 0 Å². The third kappa shape index (κ3) is 1.86. The van der Waals surface area contributed by atoms with Crippen molar-refractivity contribution in [3.8, 4) is 0 Å². The van der Waals surface area contributed by atoms with Crippen molar-refractivity contribution in [2.24, 2.45) is 0 Å². The summed E-state index contributed by atoms with van der Waals surface area (Å²) in [4.78, 5) is 4.27. The minimum Gasteiger partial charge on any atom is -0.331 e. The van der Waals surface area contributed by atoms with E-state index in [0.29, 0.717) is 5.88 Å². The van der Waals surface area contributed by atoms with E-state index in [1.807, 2.05) is 24.5 Å². The van der Waals surface area contributed by atoms with Crippen LogP contribution in [0.25, 0.3) is 11.0 Å². The summed E-state index contributed by atoms with van der Waals surface area (Å²) < 4.78 is 2.07. The maximum Gasteiger partial charge on any atom is 0.0958 e. The summed E-state index contributed by atoms with van der Waals surface area (Å²) in [5, 5.41) is 0.741. The molecule has 4 heteroatoms. The molecule has 2 aromatic rings. The van der Waals surface area contributed by atoms with Gasteiger partial charge in [0.05, 0.1) is 17.4 Å². The minimum atomic E-state index is 0.667. The van der Waals surface area contributed by atoms with Crippen LogP contribution < -0.4 is 0 Å². The molecular formula is C10H10Cl2N2. The van der Waals surface area contributed by atoms with Crippen LogP contribution in [-0.2, 0) is 6.54 Å². The highest BCUT2D eigenvalue weighted by atomic mass is 35.5. The molecule has 1 heterocycles. The number of halogens is 2. The number of rotatable bonds is 3. The van der Waals surface area contributed by atoms with Crippen LogP contribution >= 0.6 is 23.2 Å². The average molecular weight is 229 g/mol. The molecule has 0 aliphatic heterocycles. The Labute approximate surface area is 92.5 Å². The van der Waals surface area contributed by atoms with Gasteiger partial charge < -0.3 is 4.57 Å². The van der Waals surface area contributed by atoms with E-state index in [1.165, 1.54) is 0 Å². The highest BCUT2D eigenvalue weighted by molar-refractivity contribution is 6.31. The summed E-state index contributed by atoms with van der Waals surface area (Å²) in [6.45, 7) is 0.889. The molecule has 0 spiro atoms. The van der Waals surface area contributed by atoms with E-state index >= 15 is 0 Å². The molecule has 0 atom stereocenters. The lowest BCUT2D eigenvalue weighted by molar-refractivity contribution is 0.700. The molecule has 0 fully saturated rings. The molecule has 0 saturated heterocycles. The predicted molar refractivity (Wildman–Crippen MR) is 60.1 cm³/mol. The highest BCUT2D eigenvalue weighted by Gasteiger charge is 2.02. The molecule has 0 aliphatic rings. The van der Waals surface area contributed by atoms with Gasteiger partial charge in [-0.15, -0.1) is 11.6 Å². The molecule has 2 nitrogen and oxygen atoms in total. The summed E-state index contributed by atoms with van der Waals surface area (Å²) in [5.41, 5.74) is 2.05. The molecule has 0 bridgehead atoms. The van der Waals surface area contributed by atoms with Crippen LogP contribution in [0, 0.1) is 0 Å². The van der Waals surface area contributed by atoms with Gasteiger partial charge in [-0.05, 0) is 24.6 Å². The van der Waals surface area contributed by atoms with Crippen molar-refractivity contribution in [3.63, 3.8) is 0 Å². The molecular weight excluding hydrogens is 219 g/mol. The van der Waals surface area contributed by atoms with Gasteiger partial charge in [-0.25, -0.2) is 4.98 Å². The molecule has 0 aliphatic carbocycles. The zero-order chi connectivity index (χ0) is 9.97. The summed E-state index contributed by atoms with van der Waals surface area (Å²) in [5.74, 6) is 0.667.